The van der Waals surface area contributed by atoms with Crippen LogP contribution in [0.2, 0.25) is 0 Å². The predicted octanol–water partition coefficient (Wildman–Crippen LogP) is 2.57. The van der Waals surface area contributed by atoms with Gasteiger partial charge in [-0.2, -0.15) is 5.26 Å². The van der Waals surface area contributed by atoms with E-state index in [4.69, 9.17) is 23.2 Å². The fraction of sp³-hybridized carbons (Fsp3) is 0.0833. The Kier molecular flexibility index (Phi) is 2.90. The van der Waals surface area contributed by atoms with Crippen LogP contribution in [0.4, 0.5) is 5.95 Å². The molecule has 0 radical (unpaired) electrons. The van der Waals surface area contributed by atoms with Crippen LogP contribution in [0.1, 0.15) is 11.1 Å². The van der Waals surface area contributed by atoms with Crippen molar-refractivity contribution in [1.82, 2.24) is 9.97 Å². The number of anilines is 1. The molecule has 2 rings (SSSR count). The topological polar surface area (TPSA) is 78.5 Å². The van der Waals surface area contributed by atoms with E-state index in [-0.39, 0.29) is 10.6 Å². The molecule has 17 heavy (non-hydrogen) atoms. The van der Waals surface area contributed by atoms with Crippen molar-refractivity contribution in [1.29, 1.82) is 5.26 Å². The summed E-state index contributed by atoms with van der Waals surface area (Å²) in [6, 6.07) is 9.77. The first-order chi connectivity index (χ1) is 8.13. The number of benzene rings is 1. The number of aryl methyl sites for hydroxylation is 1. The number of nitriles is 1. The zero-order chi connectivity index (χ0) is 12.4. The summed E-state index contributed by atoms with van der Waals surface area (Å²) in [5.74, 6) is 0.215. The summed E-state index contributed by atoms with van der Waals surface area (Å²) in [6.45, 7) is 1.96. The summed E-state index contributed by atoms with van der Waals surface area (Å²) < 4.78 is 0.224. The zero-order valence-electron chi connectivity index (χ0n) is 9.19. The SMILES string of the molecule is Cc1ccccc1-c1[nH]c(N)nc(=S)c1C#N. The molecule has 2 aromatic rings. The van der Waals surface area contributed by atoms with Crippen LogP contribution in [0, 0.1) is 22.9 Å². The van der Waals surface area contributed by atoms with Gasteiger partial charge in [-0.05, 0) is 12.5 Å². The van der Waals surface area contributed by atoms with Crippen LogP contribution in [-0.2, 0) is 0 Å². The molecule has 84 valence electrons. The van der Waals surface area contributed by atoms with Crippen LogP contribution in [0.3, 0.4) is 0 Å². The van der Waals surface area contributed by atoms with E-state index in [9.17, 15) is 0 Å². The molecule has 0 aliphatic heterocycles. The monoisotopic (exact) mass is 242 g/mol. The van der Waals surface area contributed by atoms with Crippen molar-refractivity contribution >= 4 is 18.2 Å². The molecule has 0 saturated carbocycles. The number of hydrogen-bond donors (Lipinski definition) is 2. The summed E-state index contributed by atoms with van der Waals surface area (Å²) in [4.78, 5) is 6.78. The average Bonchev–Trinajstić information content (AvgIpc) is 2.28. The standard InChI is InChI=1S/C12H10N4S/c1-7-4-2-3-5-8(7)10-9(6-13)11(17)16-12(14)15-10/h2-5H,1H3,(H3,14,15,16,17). The van der Waals surface area contributed by atoms with E-state index in [0.717, 1.165) is 11.1 Å². The van der Waals surface area contributed by atoms with Gasteiger partial charge in [0.2, 0.25) is 0 Å². The minimum Gasteiger partial charge on any atom is -0.369 e. The summed E-state index contributed by atoms with van der Waals surface area (Å²) in [6.07, 6.45) is 0. The molecule has 0 fully saturated rings. The van der Waals surface area contributed by atoms with Gasteiger partial charge < -0.3 is 10.7 Å². The molecule has 0 aliphatic rings. The third-order valence-corrected chi connectivity index (χ3v) is 2.76. The van der Waals surface area contributed by atoms with Gasteiger partial charge in [0.25, 0.3) is 0 Å². The highest BCUT2D eigenvalue weighted by Gasteiger charge is 2.10. The maximum Gasteiger partial charge on any atom is 0.199 e. The number of nitrogens with one attached hydrogen (secondary N) is 1. The second-order valence-electron chi connectivity index (χ2n) is 3.60. The van der Waals surface area contributed by atoms with Gasteiger partial charge in [0.15, 0.2) is 5.95 Å². The van der Waals surface area contributed by atoms with Crippen molar-refractivity contribution in [2.45, 2.75) is 6.92 Å². The molecule has 5 heteroatoms. The highest BCUT2D eigenvalue weighted by atomic mass is 32.1. The molecule has 0 unspecified atom stereocenters. The van der Waals surface area contributed by atoms with Crippen molar-refractivity contribution in [3.05, 3.63) is 40.0 Å². The number of aromatic nitrogens is 2. The Hall–Kier alpha value is -2.19. The van der Waals surface area contributed by atoms with Gasteiger partial charge in [0.05, 0.1) is 5.69 Å². The summed E-state index contributed by atoms with van der Waals surface area (Å²) in [7, 11) is 0. The van der Waals surface area contributed by atoms with E-state index in [2.05, 4.69) is 16.0 Å². The van der Waals surface area contributed by atoms with Crippen molar-refractivity contribution in [3.63, 3.8) is 0 Å². The Morgan fingerprint density at radius 1 is 1.41 bits per heavy atom. The maximum absolute atomic E-state index is 9.12. The molecule has 4 nitrogen and oxygen atoms in total. The van der Waals surface area contributed by atoms with Crippen LogP contribution < -0.4 is 5.73 Å². The van der Waals surface area contributed by atoms with E-state index in [1.165, 1.54) is 0 Å². The zero-order valence-corrected chi connectivity index (χ0v) is 10.0. The van der Waals surface area contributed by atoms with Crippen molar-refractivity contribution < 1.29 is 0 Å². The number of H-pyrrole nitrogens is 1. The Morgan fingerprint density at radius 3 is 2.76 bits per heavy atom. The first kappa shape index (κ1) is 11.3. The van der Waals surface area contributed by atoms with Crippen LogP contribution in [-0.4, -0.2) is 9.97 Å². The van der Waals surface area contributed by atoms with Crippen LogP contribution in [0.25, 0.3) is 11.3 Å². The molecule has 3 N–H and O–H groups in total. The van der Waals surface area contributed by atoms with Crippen LogP contribution in [0.5, 0.6) is 0 Å². The molecule has 0 spiro atoms. The van der Waals surface area contributed by atoms with Gasteiger partial charge in [-0.15, -0.1) is 0 Å². The highest BCUT2D eigenvalue weighted by molar-refractivity contribution is 7.71. The molecule has 0 atom stereocenters. The number of nitrogens with two attached hydrogens (primary N) is 1. The Labute approximate surface area is 104 Å². The number of nitrogens with zero attached hydrogens (tertiary/aromatic N) is 2. The van der Waals surface area contributed by atoms with Crippen molar-refractivity contribution in [3.8, 4) is 17.3 Å². The predicted molar refractivity (Wildman–Crippen MR) is 68.7 cm³/mol. The molecule has 1 aromatic carbocycles. The summed E-state index contributed by atoms with van der Waals surface area (Å²) in [5, 5.41) is 9.12. The highest BCUT2D eigenvalue weighted by Crippen LogP contribution is 2.25. The summed E-state index contributed by atoms with van der Waals surface area (Å²) >= 11 is 5.04. The van der Waals surface area contributed by atoms with Gasteiger partial charge in [-0.3, -0.25) is 0 Å². The van der Waals surface area contributed by atoms with Crippen molar-refractivity contribution in [2.75, 3.05) is 5.73 Å². The number of nitrogen functional groups attached to an aromatic ring is 1. The van der Waals surface area contributed by atoms with Gasteiger partial charge in [-0.25, -0.2) is 4.98 Å². The van der Waals surface area contributed by atoms with Crippen molar-refractivity contribution in [2.24, 2.45) is 0 Å². The molecule has 1 aromatic heterocycles. The van der Waals surface area contributed by atoms with E-state index in [0.29, 0.717) is 11.3 Å². The van der Waals surface area contributed by atoms with Crippen LogP contribution in [0.15, 0.2) is 24.3 Å². The first-order valence-electron chi connectivity index (χ1n) is 4.99. The minimum atomic E-state index is 0.215. The second-order valence-corrected chi connectivity index (χ2v) is 3.99. The lowest BCUT2D eigenvalue weighted by Crippen LogP contribution is -2.01. The lowest BCUT2D eigenvalue weighted by Gasteiger charge is -2.08. The Morgan fingerprint density at radius 2 is 2.12 bits per heavy atom. The lowest BCUT2D eigenvalue weighted by atomic mass is 10.0. The molecule has 0 bridgehead atoms. The number of hydrogen-bond acceptors (Lipinski definition) is 4. The third kappa shape index (κ3) is 2.03. The van der Waals surface area contributed by atoms with Gasteiger partial charge in [0, 0.05) is 5.56 Å². The van der Waals surface area contributed by atoms with Gasteiger partial charge in [0.1, 0.15) is 16.3 Å². The Balaban J connectivity index is 2.81. The number of aromatic amines is 1. The first-order valence-corrected chi connectivity index (χ1v) is 5.40. The fourth-order valence-corrected chi connectivity index (χ4v) is 1.90. The largest absolute Gasteiger partial charge is 0.369 e. The number of rotatable bonds is 1. The molecule has 1 heterocycles. The van der Waals surface area contributed by atoms with E-state index in [1.807, 2.05) is 31.2 Å². The van der Waals surface area contributed by atoms with Crippen LogP contribution >= 0.6 is 12.2 Å². The molecule has 0 saturated heterocycles. The van der Waals surface area contributed by atoms with Gasteiger partial charge in [-0.1, -0.05) is 36.5 Å². The molecular formula is C12H10N4S. The smallest absolute Gasteiger partial charge is 0.199 e. The summed E-state index contributed by atoms with van der Waals surface area (Å²) in [5.41, 5.74) is 8.55. The fourth-order valence-electron chi connectivity index (χ4n) is 1.65. The maximum atomic E-state index is 9.12. The molecular weight excluding hydrogens is 232 g/mol. The quantitative estimate of drug-likeness (QED) is 0.753. The van der Waals surface area contributed by atoms with E-state index in [1.54, 1.807) is 0 Å². The third-order valence-electron chi connectivity index (χ3n) is 2.47. The minimum absolute atomic E-state index is 0.215. The average molecular weight is 242 g/mol. The van der Waals surface area contributed by atoms with E-state index >= 15 is 0 Å². The Bertz CT molecular complexity index is 667. The molecule has 0 aliphatic carbocycles. The van der Waals surface area contributed by atoms with Gasteiger partial charge >= 0.3 is 0 Å². The lowest BCUT2D eigenvalue weighted by molar-refractivity contribution is 1.15. The second kappa shape index (κ2) is 4.36. The van der Waals surface area contributed by atoms with E-state index < -0.39 is 0 Å². The molecule has 0 amide bonds. The normalized spacial score (nSPS) is 9.88.